The van der Waals surface area contributed by atoms with Crippen molar-refractivity contribution in [1.82, 2.24) is 9.78 Å². The van der Waals surface area contributed by atoms with Gasteiger partial charge in [0, 0.05) is 24.7 Å². The van der Waals surface area contributed by atoms with Gasteiger partial charge in [-0.1, -0.05) is 25.1 Å². The fraction of sp³-hybridized carbons (Fsp3) is 0.471. The first kappa shape index (κ1) is 14.1. The third kappa shape index (κ3) is 2.68. The number of ether oxygens (including phenoxy) is 1. The van der Waals surface area contributed by atoms with Crippen LogP contribution in [0.1, 0.15) is 23.9 Å². The molecule has 1 aromatic carbocycles. The first-order valence-electron chi connectivity index (χ1n) is 7.58. The standard InChI is InChI=1S/C17H23N3O/c1-3-14-8-15(20(2)19-14)10-17(11-18)9-13-6-4-5-7-16(13)21-12-17/h4-8H,3,9-12,18H2,1-2H3. The molecule has 0 aliphatic carbocycles. The minimum atomic E-state index is -0.0346. The van der Waals surface area contributed by atoms with E-state index in [0.29, 0.717) is 13.2 Å². The van der Waals surface area contributed by atoms with E-state index in [9.17, 15) is 0 Å². The van der Waals surface area contributed by atoms with Crippen molar-refractivity contribution in [2.24, 2.45) is 18.2 Å². The van der Waals surface area contributed by atoms with Crippen molar-refractivity contribution in [2.75, 3.05) is 13.2 Å². The molecule has 0 saturated carbocycles. The maximum absolute atomic E-state index is 6.12. The van der Waals surface area contributed by atoms with Crippen LogP contribution in [0.5, 0.6) is 5.75 Å². The first-order valence-corrected chi connectivity index (χ1v) is 7.58. The number of hydrogen-bond donors (Lipinski definition) is 1. The summed E-state index contributed by atoms with van der Waals surface area (Å²) in [5.74, 6) is 1.00. The third-order valence-corrected chi connectivity index (χ3v) is 4.45. The van der Waals surface area contributed by atoms with E-state index in [0.717, 1.165) is 30.7 Å². The number of para-hydroxylation sites is 1. The smallest absolute Gasteiger partial charge is 0.122 e. The number of nitrogens with zero attached hydrogens (tertiary/aromatic N) is 2. The minimum Gasteiger partial charge on any atom is -0.493 e. The maximum atomic E-state index is 6.12. The second kappa shape index (κ2) is 5.53. The fourth-order valence-electron chi connectivity index (χ4n) is 3.09. The molecule has 1 aromatic heterocycles. The van der Waals surface area contributed by atoms with Crippen LogP contribution in [0.15, 0.2) is 30.3 Å². The Balaban J connectivity index is 1.86. The minimum absolute atomic E-state index is 0.0346. The van der Waals surface area contributed by atoms with Crippen molar-refractivity contribution in [1.29, 1.82) is 0 Å². The molecular formula is C17H23N3O. The number of benzene rings is 1. The number of hydrogen-bond acceptors (Lipinski definition) is 3. The van der Waals surface area contributed by atoms with Crippen LogP contribution in [0, 0.1) is 5.41 Å². The van der Waals surface area contributed by atoms with Crippen molar-refractivity contribution in [3.63, 3.8) is 0 Å². The van der Waals surface area contributed by atoms with Crippen molar-refractivity contribution in [3.8, 4) is 5.75 Å². The van der Waals surface area contributed by atoms with Crippen LogP contribution in [0.3, 0.4) is 0 Å². The molecule has 0 radical (unpaired) electrons. The molecule has 0 bridgehead atoms. The summed E-state index contributed by atoms with van der Waals surface area (Å²) in [6.45, 7) is 3.42. The second-order valence-corrected chi connectivity index (χ2v) is 6.06. The summed E-state index contributed by atoms with van der Waals surface area (Å²) in [6.07, 6.45) is 2.83. The molecule has 3 rings (SSSR count). The zero-order valence-electron chi connectivity index (χ0n) is 12.8. The summed E-state index contributed by atoms with van der Waals surface area (Å²) in [7, 11) is 2.01. The van der Waals surface area contributed by atoms with Crippen LogP contribution in [0.2, 0.25) is 0 Å². The van der Waals surface area contributed by atoms with Crippen molar-refractivity contribution in [2.45, 2.75) is 26.2 Å². The molecule has 4 heteroatoms. The molecule has 1 aliphatic heterocycles. The largest absolute Gasteiger partial charge is 0.493 e. The highest BCUT2D eigenvalue weighted by Gasteiger charge is 2.35. The summed E-state index contributed by atoms with van der Waals surface area (Å²) >= 11 is 0. The maximum Gasteiger partial charge on any atom is 0.122 e. The van der Waals surface area contributed by atoms with Gasteiger partial charge in [-0.25, -0.2) is 0 Å². The Hall–Kier alpha value is -1.81. The Bertz CT molecular complexity index is 635. The predicted octanol–water partition coefficient (Wildman–Crippen LogP) is 2.11. The normalized spacial score (nSPS) is 20.9. The van der Waals surface area contributed by atoms with Crippen molar-refractivity contribution < 1.29 is 4.74 Å². The predicted molar refractivity (Wildman–Crippen MR) is 83.4 cm³/mol. The molecule has 0 spiro atoms. The van der Waals surface area contributed by atoms with Crippen LogP contribution in [-0.2, 0) is 26.3 Å². The lowest BCUT2D eigenvalue weighted by molar-refractivity contribution is 0.124. The lowest BCUT2D eigenvalue weighted by Crippen LogP contribution is -2.43. The van der Waals surface area contributed by atoms with Gasteiger partial charge in [0.1, 0.15) is 5.75 Å². The van der Waals surface area contributed by atoms with Gasteiger partial charge in [0.05, 0.1) is 12.3 Å². The molecule has 2 aromatic rings. The van der Waals surface area contributed by atoms with Gasteiger partial charge in [-0.15, -0.1) is 0 Å². The highest BCUT2D eigenvalue weighted by molar-refractivity contribution is 5.36. The monoisotopic (exact) mass is 285 g/mol. The third-order valence-electron chi connectivity index (χ3n) is 4.45. The molecule has 1 atom stereocenters. The highest BCUT2D eigenvalue weighted by atomic mass is 16.5. The summed E-state index contributed by atoms with van der Waals surface area (Å²) in [5.41, 5.74) is 9.72. The van der Waals surface area contributed by atoms with Gasteiger partial charge < -0.3 is 10.5 Å². The van der Waals surface area contributed by atoms with Gasteiger partial charge in [-0.05, 0) is 37.0 Å². The number of rotatable bonds is 4. The Labute approximate surface area is 125 Å². The molecule has 112 valence electrons. The number of aryl methyl sites for hydroxylation is 2. The van der Waals surface area contributed by atoms with E-state index >= 15 is 0 Å². The van der Waals surface area contributed by atoms with E-state index in [1.54, 1.807) is 0 Å². The Morgan fingerprint density at radius 3 is 2.90 bits per heavy atom. The van der Waals surface area contributed by atoms with Gasteiger partial charge in [0.25, 0.3) is 0 Å². The first-order chi connectivity index (χ1) is 10.2. The molecule has 0 saturated heterocycles. The topological polar surface area (TPSA) is 53.1 Å². The van der Waals surface area contributed by atoms with E-state index in [1.165, 1.54) is 11.3 Å². The van der Waals surface area contributed by atoms with Gasteiger partial charge in [0.2, 0.25) is 0 Å². The molecule has 2 N–H and O–H groups in total. The van der Waals surface area contributed by atoms with E-state index in [2.05, 4.69) is 30.2 Å². The van der Waals surface area contributed by atoms with E-state index in [-0.39, 0.29) is 5.41 Å². The van der Waals surface area contributed by atoms with Gasteiger partial charge in [-0.2, -0.15) is 5.10 Å². The zero-order chi connectivity index (χ0) is 14.9. The number of aromatic nitrogens is 2. The molecule has 1 aliphatic rings. The van der Waals surface area contributed by atoms with Crippen LogP contribution in [0.25, 0.3) is 0 Å². The Morgan fingerprint density at radius 1 is 1.38 bits per heavy atom. The van der Waals surface area contributed by atoms with Gasteiger partial charge >= 0.3 is 0 Å². The fourth-order valence-corrected chi connectivity index (χ4v) is 3.09. The molecule has 0 amide bonds. The average molecular weight is 285 g/mol. The molecule has 4 nitrogen and oxygen atoms in total. The van der Waals surface area contributed by atoms with E-state index in [1.807, 2.05) is 23.9 Å². The van der Waals surface area contributed by atoms with E-state index in [4.69, 9.17) is 10.5 Å². The summed E-state index contributed by atoms with van der Waals surface area (Å²) in [6, 6.07) is 10.4. The summed E-state index contributed by atoms with van der Waals surface area (Å²) < 4.78 is 7.95. The molecule has 1 unspecified atom stereocenters. The zero-order valence-corrected chi connectivity index (χ0v) is 12.8. The highest BCUT2D eigenvalue weighted by Crippen LogP contribution is 2.36. The SMILES string of the molecule is CCc1cc(CC2(CN)COc3ccccc3C2)n(C)n1. The van der Waals surface area contributed by atoms with E-state index < -0.39 is 0 Å². The van der Waals surface area contributed by atoms with Crippen LogP contribution in [-0.4, -0.2) is 22.9 Å². The number of nitrogens with two attached hydrogens (primary N) is 1. The second-order valence-electron chi connectivity index (χ2n) is 6.06. The van der Waals surface area contributed by atoms with Crippen LogP contribution in [0.4, 0.5) is 0 Å². The van der Waals surface area contributed by atoms with Crippen molar-refractivity contribution in [3.05, 3.63) is 47.3 Å². The lowest BCUT2D eigenvalue weighted by atomic mass is 9.76. The van der Waals surface area contributed by atoms with Crippen LogP contribution >= 0.6 is 0 Å². The van der Waals surface area contributed by atoms with Gasteiger partial charge in [-0.3, -0.25) is 4.68 Å². The quantitative estimate of drug-likeness (QED) is 0.936. The molecule has 0 fully saturated rings. The molecular weight excluding hydrogens is 262 g/mol. The Kier molecular flexibility index (Phi) is 3.72. The molecule has 2 heterocycles. The van der Waals surface area contributed by atoms with Crippen LogP contribution < -0.4 is 10.5 Å². The Morgan fingerprint density at radius 2 is 2.19 bits per heavy atom. The number of fused-ring (bicyclic) bond motifs is 1. The average Bonchev–Trinajstić information content (AvgIpc) is 2.87. The molecule has 21 heavy (non-hydrogen) atoms. The summed E-state index contributed by atoms with van der Waals surface area (Å²) in [4.78, 5) is 0. The summed E-state index contributed by atoms with van der Waals surface area (Å²) in [5, 5.41) is 4.54. The lowest BCUT2D eigenvalue weighted by Gasteiger charge is -2.37. The van der Waals surface area contributed by atoms with Crippen molar-refractivity contribution >= 4 is 0 Å². The van der Waals surface area contributed by atoms with Gasteiger partial charge in [0.15, 0.2) is 0 Å².